The van der Waals surface area contributed by atoms with Gasteiger partial charge in [-0.25, -0.2) is 0 Å². The zero-order valence-electron chi connectivity index (χ0n) is 6.14. The highest BCUT2D eigenvalue weighted by atomic mass is 16.5. The van der Waals surface area contributed by atoms with Crippen LogP contribution in [-0.2, 0) is 0 Å². The van der Waals surface area contributed by atoms with Crippen LogP contribution in [0.1, 0.15) is 13.8 Å². The first-order valence-corrected chi connectivity index (χ1v) is 2.87. The van der Waals surface area contributed by atoms with Gasteiger partial charge in [-0.1, -0.05) is 0 Å². The lowest BCUT2D eigenvalue weighted by Crippen LogP contribution is -2.52. The Labute approximate surface area is 55.6 Å². The highest BCUT2D eigenvalue weighted by molar-refractivity contribution is 4.74. The zero-order valence-corrected chi connectivity index (χ0v) is 6.14. The Morgan fingerprint density at radius 2 is 2.11 bits per heavy atom. The fourth-order valence-corrected chi connectivity index (χ4v) is 0.361. The number of rotatable bonds is 3. The van der Waals surface area contributed by atoms with Crippen molar-refractivity contribution < 1.29 is 0 Å². The number of hydrogen-bond donors (Lipinski definition) is 2. The molecule has 0 atom stereocenters. The minimum absolute atomic E-state index is 0.319. The molecule has 0 heterocycles. The van der Waals surface area contributed by atoms with Crippen LogP contribution >= 0.6 is 0 Å². The topological polar surface area (TPSA) is 64.3 Å². The van der Waals surface area contributed by atoms with Crippen LogP contribution in [-0.4, -0.2) is 24.4 Å². The number of nitrogens with one attached hydrogen (secondary N) is 1. The second kappa shape index (κ2) is 3.12. The van der Waals surface area contributed by atoms with Gasteiger partial charge in [-0.2, -0.15) is 0 Å². The van der Waals surface area contributed by atoms with Crippen molar-refractivity contribution in [3.63, 3.8) is 0 Å². The molecule has 56 valence electrons. The Balaban J connectivity index is 3.70. The molecule has 0 radical (unpaired) electrons. The maximum atomic E-state index is 10.7. The first-order valence-electron chi connectivity index (χ1n) is 2.87. The summed E-state index contributed by atoms with van der Waals surface area (Å²) in [5, 5.41) is 14.3. The van der Waals surface area contributed by atoms with Crippen LogP contribution in [0, 0.1) is 5.21 Å². The summed E-state index contributed by atoms with van der Waals surface area (Å²) >= 11 is 0. The first-order chi connectivity index (χ1) is 4.00. The van der Waals surface area contributed by atoms with Gasteiger partial charge >= 0.3 is 0 Å². The molecule has 0 unspecified atom stereocenters. The largest absolute Gasteiger partial charge is 0.784 e. The van der Waals surface area contributed by atoms with Gasteiger partial charge in [0.25, 0.3) is 0 Å². The molecule has 0 aromatic carbocycles. The quantitative estimate of drug-likeness (QED) is 0.407. The minimum atomic E-state index is -0.547. The van der Waals surface area contributed by atoms with Crippen LogP contribution in [0.4, 0.5) is 0 Å². The van der Waals surface area contributed by atoms with E-state index in [1.54, 1.807) is 13.8 Å². The smallest absolute Gasteiger partial charge is 0.0547 e. The molecule has 0 bridgehead atoms. The van der Waals surface area contributed by atoms with Crippen LogP contribution in [0.15, 0.2) is 0 Å². The summed E-state index contributed by atoms with van der Waals surface area (Å²) in [5.74, 6) is 0. The molecule has 4 nitrogen and oxygen atoms in total. The fraction of sp³-hybridized carbons (Fsp3) is 1.00. The predicted molar refractivity (Wildman–Crippen MR) is 37.4 cm³/mol. The van der Waals surface area contributed by atoms with Crippen LogP contribution < -0.4 is 11.1 Å². The third-order valence-electron chi connectivity index (χ3n) is 1.32. The van der Waals surface area contributed by atoms with Crippen molar-refractivity contribution in [2.24, 2.45) is 5.73 Å². The fourth-order valence-electron chi connectivity index (χ4n) is 0.361. The van der Waals surface area contributed by atoms with E-state index in [1.165, 1.54) is 7.05 Å². The molecule has 0 saturated heterocycles. The Kier molecular flexibility index (Phi) is 3.07. The van der Waals surface area contributed by atoms with Gasteiger partial charge in [0.05, 0.1) is 5.66 Å². The average molecular weight is 132 g/mol. The maximum Gasteiger partial charge on any atom is 0.0547 e. The van der Waals surface area contributed by atoms with Gasteiger partial charge in [0.15, 0.2) is 0 Å². The van der Waals surface area contributed by atoms with Crippen molar-refractivity contribution in [3.8, 4) is 0 Å². The monoisotopic (exact) mass is 132 g/mol. The molecule has 0 amide bonds. The zero-order chi connectivity index (χ0) is 7.49. The molecule has 0 aliphatic heterocycles. The third kappa shape index (κ3) is 2.76. The Morgan fingerprint density at radius 1 is 1.67 bits per heavy atom. The molecule has 0 aliphatic carbocycles. The summed E-state index contributed by atoms with van der Waals surface area (Å²) < 4.78 is 0. The SMILES string of the molecule is CN([O-])C(C)(C)NCN. The molecule has 0 saturated carbocycles. The van der Waals surface area contributed by atoms with E-state index >= 15 is 0 Å². The van der Waals surface area contributed by atoms with Crippen LogP contribution in [0.3, 0.4) is 0 Å². The van der Waals surface area contributed by atoms with Gasteiger partial charge in [0.2, 0.25) is 0 Å². The maximum absolute atomic E-state index is 10.7. The van der Waals surface area contributed by atoms with Gasteiger partial charge in [-0.3, -0.25) is 5.32 Å². The second-order valence-electron chi connectivity index (χ2n) is 2.44. The van der Waals surface area contributed by atoms with Crippen molar-refractivity contribution >= 4 is 0 Å². The summed E-state index contributed by atoms with van der Waals surface area (Å²) in [5.41, 5.74) is 4.63. The normalized spacial score (nSPS) is 12.7. The van der Waals surface area contributed by atoms with Gasteiger partial charge in [0, 0.05) is 6.67 Å². The lowest BCUT2D eigenvalue weighted by molar-refractivity contribution is 0.177. The second-order valence-corrected chi connectivity index (χ2v) is 2.44. The van der Waals surface area contributed by atoms with Crippen LogP contribution in [0.2, 0.25) is 0 Å². The molecule has 4 heteroatoms. The Morgan fingerprint density at radius 3 is 2.22 bits per heavy atom. The Bertz CT molecular complexity index is 82.3. The van der Waals surface area contributed by atoms with E-state index in [0.717, 1.165) is 5.06 Å². The van der Waals surface area contributed by atoms with Crippen LogP contribution in [0.25, 0.3) is 0 Å². The lowest BCUT2D eigenvalue weighted by Gasteiger charge is -2.41. The molecule has 0 aromatic rings. The van der Waals surface area contributed by atoms with Crippen molar-refractivity contribution in [1.82, 2.24) is 10.4 Å². The van der Waals surface area contributed by atoms with E-state index in [1.807, 2.05) is 0 Å². The number of nitrogens with zero attached hydrogens (tertiary/aromatic N) is 1. The number of nitrogens with two attached hydrogens (primary N) is 1. The predicted octanol–water partition coefficient (Wildman–Crippen LogP) is -0.342. The molecule has 0 rings (SSSR count). The first kappa shape index (κ1) is 8.84. The van der Waals surface area contributed by atoms with Gasteiger partial charge in [-0.05, 0) is 20.9 Å². The third-order valence-corrected chi connectivity index (χ3v) is 1.32. The average Bonchev–Trinajstić information content (AvgIpc) is 1.65. The highest BCUT2D eigenvalue weighted by Gasteiger charge is 2.13. The molecule has 0 fully saturated rings. The summed E-state index contributed by atoms with van der Waals surface area (Å²) in [6.45, 7) is 3.86. The van der Waals surface area contributed by atoms with Crippen molar-refractivity contribution in [2.45, 2.75) is 19.5 Å². The van der Waals surface area contributed by atoms with Crippen LogP contribution in [0.5, 0.6) is 0 Å². The van der Waals surface area contributed by atoms with E-state index in [-0.39, 0.29) is 0 Å². The van der Waals surface area contributed by atoms with Gasteiger partial charge in [0.1, 0.15) is 0 Å². The van der Waals surface area contributed by atoms with E-state index < -0.39 is 5.66 Å². The summed E-state index contributed by atoms with van der Waals surface area (Å²) in [6.07, 6.45) is 0. The highest BCUT2D eigenvalue weighted by Crippen LogP contribution is 2.03. The number of hydroxylamine groups is 2. The molecule has 3 N–H and O–H groups in total. The summed E-state index contributed by atoms with van der Waals surface area (Å²) in [4.78, 5) is 0. The van der Waals surface area contributed by atoms with Gasteiger partial charge < -0.3 is 16.0 Å². The molecule has 0 aliphatic rings. The Hall–Kier alpha value is -0.160. The minimum Gasteiger partial charge on any atom is -0.784 e. The van der Waals surface area contributed by atoms with E-state index in [2.05, 4.69) is 5.32 Å². The van der Waals surface area contributed by atoms with E-state index in [0.29, 0.717) is 6.67 Å². The molecule has 0 spiro atoms. The molecule has 0 aromatic heterocycles. The molecule has 9 heavy (non-hydrogen) atoms. The molecular formula is C5H14N3O-. The number of hydrogen-bond acceptors (Lipinski definition) is 4. The summed E-state index contributed by atoms with van der Waals surface area (Å²) in [7, 11) is 1.46. The van der Waals surface area contributed by atoms with E-state index in [4.69, 9.17) is 5.73 Å². The van der Waals surface area contributed by atoms with Crippen molar-refractivity contribution in [1.29, 1.82) is 0 Å². The van der Waals surface area contributed by atoms with Crippen molar-refractivity contribution in [3.05, 3.63) is 5.21 Å². The van der Waals surface area contributed by atoms with Gasteiger partial charge in [-0.15, -0.1) is 0 Å². The molecular weight excluding hydrogens is 118 g/mol. The van der Waals surface area contributed by atoms with E-state index in [9.17, 15) is 5.21 Å². The standard InChI is InChI=1S/C5H14N3O/c1-5(2,7-4-6)8(3)9/h7H,4,6H2,1-3H3/q-1. The lowest BCUT2D eigenvalue weighted by atomic mass is 10.2. The van der Waals surface area contributed by atoms with Crippen molar-refractivity contribution in [2.75, 3.05) is 13.7 Å². The summed E-state index contributed by atoms with van der Waals surface area (Å²) in [6, 6.07) is 0.